The Morgan fingerprint density at radius 2 is 1.77 bits per heavy atom. The van der Waals surface area contributed by atoms with E-state index in [1.807, 2.05) is 54.6 Å². The van der Waals surface area contributed by atoms with Gasteiger partial charge in [-0.2, -0.15) is 5.10 Å². The molecule has 0 saturated heterocycles. The molecule has 0 N–H and O–H groups in total. The summed E-state index contributed by atoms with van der Waals surface area (Å²) < 4.78 is 31.6. The monoisotopic (exact) mass is 472 g/mol. The van der Waals surface area contributed by atoms with E-state index in [4.69, 9.17) is 14.2 Å². The van der Waals surface area contributed by atoms with Crippen LogP contribution in [0.15, 0.2) is 72.8 Å². The zero-order valence-corrected chi connectivity index (χ0v) is 19.5. The van der Waals surface area contributed by atoms with Crippen molar-refractivity contribution in [3.05, 3.63) is 106 Å². The number of carbonyl (C=O) groups excluding carboxylic acids is 1. The molecule has 0 bridgehead atoms. The molecule has 0 aliphatic carbocycles. The van der Waals surface area contributed by atoms with Crippen molar-refractivity contribution in [2.45, 2.75) is 20.1 Å². The van der Waals surface area contributed by atoms with Gasteiger partial charge in [0.05, 0.1) is 18.1 Å². The average Bonchev–Trinajstić information content (AvgIpc) is 3.18. The van der Waals surface area contributed by atoms with Crippen molar-refractivity contribution in [2.75, 3.05) is 7.11 Å². The molecular formula is C28H25FN2O4. The number of para-hydroxylation sites is 1. The molecule has 0 spiro atoms. The molecule has 4 rings (SSSR count). The van der Waals surface area contributed by atoms with Crippen molar-refractivity contribution < 1.29 is 23.4 Å². The van der Waals surface area contributed by atoms with Gasteiger partial charge < -0.3 is 14.2 Å². The number of methoxy groups -OCH3 is 1. The molecule has 7 heteroatoms. The van der Waals surface area contributed by atoms with Crippen LogP contribution in [-0.4, -0.2) is 22.9 Å². The zero-order valence-electron chi connectivity index (χ0n) is 19.5. The average molecular weight is 473 g/mol. The minimum Gasteiger partial charge on any atom is -0.493 e. The standard InChI is InChI=1S/C28H25FN2O4/c1-19-25(26(18-34-20(2)32)30-31(19)24-7-5-4-6-8-24)15-22-11-14-27(33-3)28(16-22)35-17-21-9-12-23(29)13-10-21/h4-16H,1,17-18H2,2-3H3/b25-15+. The van der Waals surface area contributed by atoms with Gasteiger partial charge in [-0.1, -0.05) is 43.0 Å². The Bertz CT molecular complexity index is 1430. The molecule has 4 aromatic rings. The summed E-state index contributed by atoms with van der Waals surface area (Å²) in [5.74, 6) is 0.414. The predicted octanol–water partition coefficient (Wildman–Crippen LogP) is 3.90. The van der Waals surface area contributed by atoms with Crippen molar-refractivity contribution in [3.8, 4) is 17.2 Å². The molecule has 0 atom stereocenters. The lowest BCUT2D eigenvalue weighted by molar-refractivity contribution is -0.142. The Kier molecular flexibility index (Phi) is 7.26. The fourth-order valence-electron chi connectivity index (χ4n) is 3.55. The van der Waals surface area contributed by atoms with Crippen LogP contribution in [0, 0.1) is 5.82 Å². The van der Waals surface area contributed by atoms with Gasteiger partial charge in [0.15, 0.2) is 11.5 Å². The third-order valence-corrected chi connectivity index (χ3v) is 5.32. The van der Waals surface area contributed by atoms with E-state index in [-0.39, 0.29) is 19.0 Å². The van der Waals surface area contributed by atoms with E-state index in [0.717, 1.165) is 22.0 Å². The van der Waals surface area contributed by atoms with Gasteiger partial charge in [-0.15, -0.1) is 0 Å². The van der Waals surface area contributed by atoms with E-state index in [0.29, 0.717) is 22.5 Å². The number of ether oxygens (including phenoxy) is 3. The molecule has 1 heterocycles. The number of carbonyl (C=O) groups is 1. The Morgan fingerprint density at radius 3 is 2.46 bits per heavy atom. The smallest absolute Gasteiger partial charge is 0.303 e. The van der Waals surface area contributed by atoms with Crippen LogP contribution in [-0.2, 0) is 22.7 Å². The van der Waals surface area contributed by atoms with Crippen LogP contribution in [0.3, 0.4) is 0 Å². The van der Waals surface area contributed by atoms with Crippen LogP contribution in [0.5, 0.6) is 11.5 Å². The topological polar surface area (TPSA) is 62.6 Å². The molecule has 1 aromatic heterocycles. The van der Waals surface area contributed by atoms with Gasteiger partial charge in [-0.25, -0.2) is 9.07 Å². The number of hydrogen-bond donors (Lipinski definition) is 0. The van der Waals surface area contributed by atoms with Gasteiger partial charge in [0.25, 0.3) is 0 Å². The molecule has 3 aromatic carbocycles. The van der Waals surface area contributed by atoms with Gasteiger partial charge in [0, 0.05) is 12.1 Å². The van der Waals surface area contributed by atoms with Gasteiger partial charge in [-0.3, -0.25) is 4.79 Å². The summed E-state index contributed by atoms with van der Waals surface area (Å²) in [5.41, 5.74) is 3.08. The molecule has 0 aliphatic heterocycles. The maximum Gasteiger partial charge on any atom is 0.303 e. The van der Waals surface area contributed by atoms with Gasteiger partial charge in [0.1, 0.15) is 24.7 Å². The molecule has 0 amide bonds. The fourth-order valence-corrected chi connectivity index (χ4v) is 3.55. The van der Waals surface area contributed by atoms with Crippen molar-refractivity contribution in [1.29, 1.82) is 0 Å². The van der Waals surface area contributed by atoms with Crippen LogP contribution >= 0.6 is 0 Å². The number of hydrogen-bond acceptors (Lipinski definition) is 5. The molecule has 35 heavy (non-hydrogen) atoms. The minimum absolute atomic E-state index is 0.0214. The second-order valence-corrected chi connectivity index (χ2v) is 7.80. The third-order valence-electron chi connectivity index (χ3n) is 5.32. The van der Waals surface area contributed by atoms with Crippen molar-refractivity contribution >= 4 is 18.6 Å². The van der Waals surface area contributed by atoms with Crippen LogP contribution < -0.4 is 20.0 Å². The normalized spacial score (nSPS) is 11.3. The second kappa shape index (κ2) is 10.7. The predicted molar refractivity (Wildman–Crippen MR) is 131 cm³/mol. The number of benzene rings is 3. The summed E-state index contributed by atoms with van der Waals surface area (Å²) in [5, 5.41) is 6.04. The maximum absolute atomic E-state index is 13.2. The molecular weight excluding hydrogens is 447 g/mol. The molecule has 0 unspecified atom stereocenters. The minimum atomic E-state index is -0.392. The summed E-state index contributed by atoms with van der Waals surface area (Å²) in [7, 11) is 1.57. The van der Waals surface area contributed by atoms with Gasteiger partial charge in [-0.05, 0) is 53.6 Å². The van der Waals surface area contributed by atoms with E-state index in [1.54, 1.807) is 23.9 Å². The number of esters is 1. The largest absolute Gasteiger partial charge is 0.493 e. The maximum atomic E-state index is 13.2. The lowest BCUT2D eigenvalue weighted by Gasteiger charge is -2.11. The van der Waals surface area contributed by atoms with Crippen molar-refractivity contribution in [2.24, 2.45) is 0 Å². The van der Waals surface area contributed by atoms with Crippen molar-refractivity contribution in [3.63, 3.8) is 0 Å². The highest BCUT2D eigenvalue weighted by atomic mass is 19.1. The molecule has 178 valence electrons. The Morgan fingerprint density at radius 1 is 1.03 bits per heavy atom. The van der Waals surface area contributed by atoms with E-state index in [9.17, 15) is 9.18 Å². The summed E-state index contributed by atoms with van der Waals surface area (Å²) in [6, 6.07) is 21.3. The van der Waals surface area contributed by atoms with Gasteiger partial charge in [0.2, 0.25) is 0 Å². The lowest BCUT2D eigenvalue weighted by Crippen LogP contribution is -2.28. The first-order chi connectivity index (χ1) is 16.9. The van der Waals surface area contributed by atoms with E-state index < -0.39 is 5.97 Å². The highest BCUT2D eigenvalue weighted by Gasteiger charge is 2.11. The highest BCUT2D eigenvalue weighted by molar-refractivity contribution is 5.66. The molecule has 6 nitrogen and oxygen atoms in total. The molecule has 0 saturated carbocycles. The van der Waals surface area contributed by atoms with E-state index >= 15 is 0 Å². The van der Waals surface area contributed by atoms with E-state index in [2.05, 4.69) is 11.7 Å². The Hall–Kier alpha value is -4.39. The van der Waals surface area contributed by atoms with Gasteiger partial charge >= 0.3 is 5.97 Å². The first kappa shape index (κ1) is 23.8. The number of aromatic nitrogens is 2. The second-order valence-electron chi connectivity index (χ2n) is 7.80. The van der Waals surface area contributed by atoms with Crippen LogP contribution in [0.2, 0.25) is 0 Å². The van der Waals surface area contributed by atoms with Crippen molar-refractivity contribution in [1.82, 2.24) is 9.78 Å². The SMILES string of the molecule is C=c1/c(=C\c2ccc(OC)c(OCc3ccc(F)cc3)c2)c(COC(C)=O)nn1-c1ccccc1. The first-order valence-electron chi connectivity index (χ1n) is 11.0. The lowest BCUT2D eigenvalue weighted by atomic mass is 10.1. The van der Waals surface area contributed by atoms with Crippen LogP contribution in [0.1, 0.15) is 23.7 Å². The number of rotatable bonds is 8. The summed E-state index contributed by atoms with van der Waals surface area (Å²) in [6.07, 6.45) is 1.91. The summed E-state index contributed by atoms with van der Waals surface area (Å²) in [4.78, 5) is 11.4. The fraction of sp³-hybridized carbons (Fsp3) is 0.143. The first-order valence-corrected chi connectivity index (χ1v) is 11.0. The zero-order chi connectivity index (χ0) is 24.8. The Labute approximate surface area is 202 Å². The molecule has 0 aliphatic rings. The van der Waals surface area contributed by atoms with E-state index in [1.165, 1.54) is 19.1 Å². The van der Waals surface area contributed by atoms with Crippen LogP contribution in [0.4, 0.5) is 4.39 Å². The molecule has 0 radical (unpaired) electrons. The summed E-state index contributed by atoms with van der Waals surface area (Å²) in [6.45, 7) is 5.86. The highest BCUT2D eigenvalue weighted by Crippen LogP contribution is 2.29. The summed E-state index contributed by atoms with van der Waals surface area (Å²) >= 11 is 0. The number of halogens is 1. The Balaban J connectivity index is 1.72. The van der Waals surface area contributed by atoms with Crippen LogP contribution in [0.25, 0.3) is 18.3 Å². The molecule has 0 fully saturated rings. The third kappa shape index (κ3) is 5.76. The number of nitrogens with zero attached hydrogens (tertiary/aromatic N) is 2. The quantitative estimate of drug-likeness (QED) is 0.364.